The number of nitrogens with one attached hydrogen (secondary N) is 1. The van der Waals surface area contributed by atoms with Gasteiger partial charge in [-0.25, -0.2) is 4.39 Å². The van der Waals surface area contributed by atoms with E-state index < -0.39 is 0 Å². The Hall–Kier alpha value is -1.74. The highest BCUT2D eigenvalue weighted by molar-refractivity contribution is 6.32. The van der Waals surface area contributed by atoms with Crippen LogP contribution < -0.4 is 10.1 Å². The lowest BCUT2D eigenvalue weighted by molar-refractivity contribution is 0.226. The van der Waals surface area contributed by atoms with Crippen molar-refractivity contribution in [2.24, 2.45) is 0 Å². The van der Waals surface area contributed by atoms with Gasteiger partial charge in [0.15, 0.2) is 0 Å². The molecule has 0 spiro atoms. The molecule has 0 saturated heterocycles. The molecule has 1 atom stereocenters. The fourth-order valence-corrected chi connectivity index (χ4v) is 2.26. The summed E-state index contributed by atoms with van der Waals surface area (Å²) in [6.45, 7) is 5.99. The molecular weight excluding hydrogens is 289 g/mol. The predicted octanol–water partition coefficient (Wildman–Crippen LogP) is 5.44. The monoisotopic (exact) mass is 307 g/mol. The molecule has 21 heavy (non-hydrogen) atoms. The molecule has 0 aliphatic carbocycles. The number of hydrogen-bond donors (Lipinski definition) is 1. The smallest absolute Gasteiger partial charge is 0.138 e. The molecule has 0 fully saturated rings. The highest BCUT2D eigenvalue weighted by Gasteiger charge is 2.11. The Balaban J connectivity index is 2.12. The van der Waals surface area contributed by atoms with Crippen LogP contribution in [0.1, 0.15) is 32.4 Å². The summed E-state index contributed by atoms with van der Waals surface area (Å²) in [5, 5.41) is 3.81. The maximum absolute atomic E-state index is 13.2. The minimum Gasteiger partial charge on any atom is -0.484 e. The van der Waals surface area contributed by atoms with Gasteiger partial charge in [-0.3, -0.25) is 0 Å². The largest absolute Gasteiger partial charge is 0.484 e. The molecule has 0 bridgehead atoms. The van der Waals surface area contributed by atoms with Crippen LogP contribution in [0.4, 0.5) is 10.1 Å². The summed E-state index contributed by atoms with van der Waals surface area (Å²) in [7, 11) is 0. The Kier molecular flexibility index (Phi) is 5.07. The molecule has 2 rings (SSSR count). The minimum atomic E-state index is -0.276. The maximum atomic E-state index is 13.2. The van der Waals surface area contributed by atoms with Gasteiger partial charge in [0.25, 0.3) is 0 Å². The van der Waals surface area contributed by atoms with Gasteiger partial charge in [-0.15, -0.1) is 0 Å². The van der Waals surface area contributed by atoms with E-state index in [2.05, 4.69) is 19.2 Å². The van der Waals surface area contributed by atoms with Crippen molar-refractivity contribution in [3.8, 4) is 5.75 Å². The lowest BCUT2D eigenvalue weighted by Gasteiger charge is -2.17. The van der Waals surface area contributed by atoms with E-state index >= 15 is 0 Å². The van der Waals surface area contributed by atoms with E-state index in [-0.39, 0.29) is 11.9 Å². The average Bonchev–Trinajstić information content (AvgIpc) is 2.41. The zero-order valence-electron chi connectivity index (χ0n) is 12.4. The Labute approximate surface area is 129 Å². The summed E-state index contributed by atoms with van der Waals surface area (Å²) in [5.74, 6) is 0.313. The van der Waals surface area contributed by atoms with Crippen molar-refractivity contribution in [2.75, 3.05) is 5.32 Å². The molecule has 0 aromatic heterocycles. The fourth-order valence-electron chi connectivity index (χ4n) is 2.04. The lowest BCUT2D eigenvalue weighted by atomic mass is 10.1. The van der Waals surface area contributed by atoms with Gasteiger partial charge >= 0.3 is 0 Å². The van der Waals surface area contributed by atoms with Crippen LogP contribution in [0, 0.1) is 5.82 Å². The number of anilines is 1. The molecule has 0 amide bonds. The highest BCUT2D eigenvalue weighted by Crippen LogP contribution is 2.31. The first-order valence-electron chi connectivity index (χ1n) is 6.94. The topological polar surface area (TPSA) is 21.3 Å². The van der Waals surface area contributed by atoms with Gasteiger partial charge in [0.05, 0.1) is 5.02 Å². The van der Waals surface area contributed by atoms with Crippen molar-refractivity contribution in [1.82, 2.24) is 0 Å². The van der Waals surface area contributed by atoms with Gasteiger partial charge in [-0.1, -0.05) is 23.7 Å². The molecule has 0 saturated carbocycles. The summed E-state index contributed by atoms with van der Waals surface area (Å²) >= 11 is 6.24. The van der Waals surface area contributed by atoms with Crippen LogP contribution in [0.25, 0.3) is 0 Å². The molecule has 112 valence electrons. The van der Waals surface area contributed by atoms with Crippen LogP contribution >= 0.6 is 11.6 Å². The van der Waals surface area contributed by atoms with Crippen LogP contribution in [0.15, 0.2) is 42.5 Å². The Morgan fingerprint density at radius 2 is 1.86 bits per heavy atom. The van der Waals surface area contributed by atoms with E-state index in [1.54, 1.807) is 6.07 Å². The van der Waals surface area contributed by atoms with Crippen LogP contribution in [0.3, 0.4) is 0 Å². The number of hydrogen-bond acceptors (Lipinski definition) is 2. The first-order chi connectivity index (χ1) is 9.95. The van der Waals surface area contributed by atoms with Gasteiger partial charge < -0.3 is 10.1 Å². The summed E-state index contributed by atoms with van der Waals surface area (Å²) in [5.41, 5.74) is 1.72. The van der Waals surface area contributed by atoms with Crippen LogP contribution in [0.5, 0.6) is 5.75 Å². The van der Waals surface area contributed by atoms with Crippen molar-refractivity contribution < 1.29 is 9.13 Å². The number of rotatable bonds is 5. The number of halogens is 2. The molecule has 0 radical (unpaired) electrons. The van der Waals surface area contributed by atoms with E-state index in [1.165, 1.54) is 12.1 Å². The molecule has 2 aromatic rings. The second kappa shape index (κ2) is 6.81. The summed E-state index contributed by atoms with van der Waals surface area (Å²) in [4.78, 5) is 0. The van der Waals surface area contributed by atoms with E-state index in [0.717, 1.165) is 11.3 Å². The third-order valence-electron chi connectivity index (χ3n) is 3.01. The number of ether oxygens (including phenoxy) is 1. The van der Waals surface area contributed by atoms with Crippen LogP contribution in [-0.2, 0) is 0 Å². The average molecular weight is 308 g/mol. The number of benzene rings is 2. The third kappa shape index (κ3) is 4.36. The highest BCUT2D eigenvalue weighted by atomic mass is 35.5. The zero-order valence-corrected chi connectivity index (χ0v) is 13.1. The molecule has 1 unspecified atom stereocenters. The van der Waals surface area contributed by atoms with Gasteiger partial charge in [-0.2, -0.15) is 0 Å². The van der Waals surface area contributed by atoms with Crippen molar-refractivity contribution >= 4 is 17.3 Å². The summed E-state index contributed by atoms with van der Waals surface area (Å²) in [6.07, 6.45) is -0.276. The first kappa shape index (κ1) is 15.6. The molecule has 2 aromatic carbocycles. The van der Waals surface area contributed by atoms with Crippen LogP contribution in [-0.4, -0.2) is 6.04 Å². The second-order valence-corrected chi connectivity index (χ2v) is 5.67. The SMILES string of the molecule is CC(C)Nc1ccc(OC(C)c2cccc(F)c2)c(Cl)c1. The van der Waals surface area contributed by atoms with Gasteiger partial charge in [-0.05, 0) is 56.7 Å². The van der Waals surface area contributed by atoms with E-state index in [0.29, 0.717) is 16.8 Å². The quantitative estimate of drug-likeness (QED) is 0.794. The fraction of sp³-hybridized carbons (Fsp3) is 0.294. The van der Waals surface area contributed by atoms with E-state index in [1.807, 2.05) is 31.2 Å². The molecular formula is C17H19ClFNO. The zero-order chi connectivity index (χ0) is 15.4. The molecule has 2 nitrogen and oxygen atoms in total. The lowest BCUT2D eigenvalue weighted by Crippen LogP contribution is -2.09. The van der Waals surface area contributed by atoms with Crippen molar-refractivity contribution in [1.29, 1.82) is 0 Å². The van der Waals surface area contributed by atoms with Gasteiger partial charge in [0.2, 0.25) is 0 Å². The van der Waals surface area contributed by atoms with Crippen molar-refractivity contribution in [3.05, 3.63) is 58.9 Å². The molecule has 1 N–H and O–H groups in total. The Bertz CT molecular complexity index is 615. The molecule has 4 heteroatoms. The van der Waals surface area contributed by atoms with E-state index in [4.69, 9.17) is 16.3 Å². The minimum absolute atomic E-state index is 0.273. The third-order valence-corrected chi connectivity index (χ3v) is 3.30. The molecule has 0 aliphatic heterocycles. The van der Waals surface area contributed by atoms with Gasteiger partial charge in [0, 0.05) is 11.7 Å². The molecule has 0 heterocycles. The normalized spacial score (nSPS) is 12.3. The Morgan fingerprint density at radius 3 is 2.48 bits per heavy atom. The van der Waals surface area contributed by atoms with Crippen molar-refractivity contribution in [3.63, 3.8) is 0 Å². The van der Waals surface area contributed by atoms with Crippen LogP contribution in [0.2, 0.25) is 5.02 Å². The predicted molar refractivity (Wildman–Crippen MR) is 85.7 cm³/mol. The second-order valence-electron chi connectivity index (χ2n) is 5.26. The van der Waals surface area contributed by atoms with Crippen molar-refractivity contribution in [2.45, 2.75) is 32.9 Å². The van der Waals surface area contributed by atoms with E-state index in [9.17, 15) is 4.39 Å². The first-order valence-corrected chi connectivity index (χ1v) is 7.31. The summed E-state index contributed by atoms with van der Waals surface area (Å²) in [6, 6.07) is 12.3. The maximum Gasteiger partial charge on any atom is 0.138 e. The standard InChI is InChI=1S/C17H19ClFNO/c1-11(2)20-15-7-8-17(16(18)10-15)21-12(3)13-5-4-6-14(19)9-13/h4-12,20H,1-3H3. The van der Waals surface area contributed by atoms with Gasteiger partial charge in [0.1, 0.15) is 17.7 Å². The summed E-state index contributed by atoms with van der Waals surface area (Å²) < 4.78 is 19.0. The molecule has 0 aliphatic rings. The Morgan fingerprint density at radius 1 is 1.10 bits per heavy atom.